The van der Waals surface area contributed by atoms with Crippen LogP contribution in [-0.4, -0.2) is 19.9 Å². The highest BCUT2D eigenvalue weighted by Gasteiger charge is 2.33. The van der Waals surface area contributed by atoms with Crippen LogP contribution in [-0.2, 0) is 10.2 Å². The van der Waals surface area contributed by atoms with Gasteiger partial charge in [0.25, 0.3) is 0 Å². The summed E-state index contributed by atoms with van der Waals surface area (Å²) in [5.74, 6) is 0. The first-order valence-electron chi connectivity index (χ1n) is 4.94. The van der Waals surface area contributed by atoms with Crippen molar-refractivity contribution in [1.82, 2.24) is 0 Å². The van der Waals surface area contributed by atoms with Gasteiger partial charge in [-0.25, -0.2) is 0 Å². The van der Waals surface area contributed by atoms with E-state index in [1.807, 2.05) is 19.1 Å². The summed E-state index contributed by atoms with van der Waals surface area (Å²) < 4.78 is 0. The molecular weight excluding hydrogens is 174 g/mol. The average molecular weight is 189 g/mol. The Morgan fingerprint density at radius 3 is 2.86 bits per heavy atom. The van der Waals surface area contributed by atoms with Crippen molar-refractivity contribution in [2.24, 2.45) is 0 Å². The van der Waals surface area contributed by atoms with Crippen LogP contribution in [0.15, 0.2) is 24.3 Å². The molecular formula is C12H15NO. The van der Waals surface area contributed by atoms with Crippen LogP contribution in [0.2, 0.25) is 0 Å². The highest BCUT2D eigenvalue weighted by atomic mass is 16.1. The Hall–Kier alpha value is -1.31. The number of carbonyl (C=O) groups excluding carboxylic acids is 1. The first-order chi connectivity index (χ1) is 6.67. The molecule has 0 amide bonds. The van der Waals surface area contributed by atoms with Gasteiger partial charge < -0.3 is 9.69 Å². The molecule has 1 unspecified atom stereocenters. The van der Waals surface area contributed by atoms with Crippen molar-refractivity contribution in [3.8, 4) is 0 Å². The molecule has 0 bridgehead atoms. The van der Waals surface area contributed by atoms with Gasteiger partial charge in [0.05, 0.1) is 5.41 Å². The lowest BCUT2D eigenvalue weighted by Gasteiger charge is -2.37. The van der Waals surface area contributed by atoms with Gasteiger partial charge in [-0.1, -0.05) is 18.2 Å². The molecule has 0 spiro atoms. The zero-order chi connectivity index (χ0) is 10.2. The number of anilines is 1. The Bertz CT molecular complexity index is 361. The lowest BCUT2D eigenvalue weighted by atomic mass is 9.77. The number of fused-ring (bicyclic) bond motifs is 1. The third kappa shape index (κ3) is 1.22. The number of hydrogen-bond donors (Lipinski definition) is 0. The molecule has 2 nitrogen and oxygen atoms in total. The van der Waals surface area contributed by atoms with Crippen LogP contribution >= 0.6 is 0 Å². The van der Waals surface area contributed by atoms with Crippen LogP contribution in [0.4, 0.5) is 5.69 Å². The van der Waals surface area contributed by atoms with Crippen molar-refractivity contribution < 1.29 is 4.79 Å². The third-order valence-electron chi connectivity index (χ3n) is 3.16. The molecule has 0 N–H and O–H groups in total. The molecule has 0 aromatic heterocycles. The van der Waals surface area contributed by atoms with Crippen LogP contribution in [0.25, 0.3) is 0 Å². The molecule has 0 saturated carbocycles. The first kappa shape index (κ1) is 9.25. The number of para-hydroxylation sites is 1. The molecule has 0 saturated heterocycles. The molecule has 1 atom stereocenters. The van der Waals surface area contributed by atoms with Gasteiger partial charge in [-0.2, -0.15) is 0 Å². The predicted molar refractivity (Wildman–Crippen MR) is 57.7 cm³/mol. The lowest BCUT2D eigenvalue weighted by Crippen LogP contribution is -2.37. The quantitative estimate of drug-likeness (QED) is 0.630. The largest absolute Gasteiger partial charge is 0.374 e. The van der Waals surface area contributed by atoms with Crippen molar-refractivity contribution in [3.63, 3.8) is 0 Å². The van der Waals surface area contributed by atoms with Crippen LogP contribution in [0.3, 0.4) is 0 Å². The monoisotopic (exact) mass is 189 g/mol. The van der Waals surface area contributed by atoms with Gasteiger partial charge in [0.1, 0.15) is 6.29 Å². The second-order valence-corrected chi connectivity index (χ2v) is 4.22. The van der Waals surface area contributed by atoms with Gasteiger partial charge in [-0.3, -0.25) is 0 Å². The number of rotatable bonds is 1. The van der Waals surface area contributed by atoms with E-state index in [0.717, 1.165) is 24.8 Å². The lowest BCUT2D eigenvalue weighted by molar-refractivity contribution is -0.112. The third-order valence-corrected chi connectivity index (χ3v) is 3.16. The SMILES string of the molecule is CN1CCC(C)(C=O)c2ccccc21. The van der Waals surface area contributed by atoms with E-state index in [2.05, 4.69) is 24.1 Å². The van der Waals surface area contributed by atoms with E-state index in [9.17, 15) is 4.79 Å². The van der Waals surface area contributed by atoms with E-state index in [1.165, 1.54) is 5.69 Å². The Kier molecular flexibility index (Phi) is 2.06. The fraction of sp³-hybridized carbons (Fsp3) is 0.417. The fourth-order valence-electron chi connectivity index (χ4n) is 2.07. The van der Waals surface area contributed by atoms with Crippen molar-refractivity contribution >= 4 is 12.0 Å². The maximum Gasteiger partial charge on any atom is 0.130 e. The molecule has 0 aliphatic carbocycles. The summed E-state index contributed by atoms with van der Waals surface area (Å²) in [6.45, 7) is 2.97. The van der Waals surface area contributed by atoms with E-state index in [4.69, 9.17) is 0 Å². The summed E-state index contributed by atoms with van der Waals surface area (Å²) in [6, 6.07) is 8.15. The maximum absolute atomic E-state index is 11.1. The second-order valence-electron chi connectivity index (χ2n) is 4.22. The molecule has 0 fully saturated rings. The number of aldehydes is 1. The summed E-state index contributed by atoms with van der Waals surface area (Å²) in [7, 11) is 2.07. The van der Waals surface area contributed by atoms with Gasteiger partial charge in [-0.05, 0) is 25.0 Å². The molecule has 1 aromatic rings. The van der Waals surface area contributed by atoms with Crippen molar-refractivity contribution in [3.05, 3.63) is 29.8 Å². The van der Waals surface area contributed by atoms with Crippen molar-refractivity contribution in [2.75, 3.05) is 18.5 Å². The molecule has 2 rings (SSSR count). The fourth-order valence-corrected chi connectivity index (χ4v) is 2.07. The van der Waals surface area contributed by atoms with E-state index in [1.54, 1.807) is 0 Å². The molecule has 1 heterocycles. The smallest absolute Gasteiger partial charge is 0.130 e. The minimum Gasteiger partial charge on any atom is -0.374 e. The van der Waals surface area contributed by atoms with E-state index < -0.39 is 0 Å². The zero-order valence-electron chi connectivity index (χ0n) is 8.66. The first-order valence-corrected chi connectivity index (χ1v) is 4.94. The summed E-state index contributed by atoms with van der Waals surface area (Å²) in [6.07, 6.45) is 1.99. The molecule has 1 aliphatic rings. The molecule has 0 radical (unpaired) electrons. The van der Waals surface area contributed by atoms with Crippen LogP contribution in [0.1, 0.15) is 18.9 Å². The normalized spacial score (nSPS) is 25.7. The molecule has 2 heteroatoms. The van der Waals surface area contributed by atoms with Gasteiger partial charge >= 0.3 is 0 Å². The Balaban J connectivity index is 2.57. The molecule has 1 aliphatic heterocycles. The summed E-state index contributed by atoms with van der Waals surface area (Å²) in [5.41, 5.74) is 2.06. The number of nitrogens with zero attached hydrogens (tertiary/aromatic N) is 1. The van der Waals surface area contributed by atoms with Crippen LogP contribution in [0, 0.1) is 0 Å². The second kappa shape index (κ2) is 3.12. The minimum atomic E-state index is -0.289. The summed E-state index contributed by atoms with van der Waals surface area (Å²) in [4.78, 5) is 13.3. The van der Waals surface area contributed by atoms with Crippen molar-refractivity contribution in [1.29, 1.82) is 0 Å². The Morgan fingerprint density at radius 1 is 1.43 bits per heavy atom. The number of benzene rings is 1. The van der Waals surface area contributed by atoms with Gasteiger partial charge in [0.2, 0.25) is 0 Å². The number of carbonyl (C=O) groups is 1. The Morgan fingerprint density at radius 2 is 2.14 bits per heavy atom. The summed E-state index contributed by atoms with van der Waals surface area (Å²) >= 11 is 0. The van der Waals surface area contributed by atoms with Gasteiger partial charge in [0.15, 0.2) is 0 Å². The van der Waals surface area contributed by atoms with E-state index >= 15 is 0 Å². The predicted octanol–water partition coefficient (Wildman–Crippen LogP) is 1.98. The average Bonchev–Trinajstić information content (AvgIpc) is 2.24. The topological polar surface area (TPSA) is 20.3 Å². The standard InChI is InChI=1S/C12H15NO/c1-12(9-14)7-8-13(2)11-6-4-3-5-10(11)12/h3-6,9H,7-8H2,1-2H3. The highest BCUT2D eigenvalue weighted by Crippen LogP contribution is 2.37. The minimum absolute atomic E-state index is 0.289. The van der Waals surface area contributed by atoms with Gasteiger partial charge in [-0.15, -0.1) is 0 Å². The van der Waals surface area contributed by atoms with Crippen LogP contribution < -0.4 is 4.90 Å². The number of hydrogen-bond acceptors (Lipinski definition) is 2. The zero-order valence-corrected chi connectivity index (χ0v) is 8.66. The Labute approximate surface area is 84.5 Å². The maximum atomic E-state index is 11.1. The molecule has 14 heavy (non-hydrogen) atoms. The van der Waals surface area contributed by atoms with Gasteiger partial charge in [0, 0.05) is 19.3 Å². The van der Waals surface area contributed by atoms with Crippen molar-refractivity contribution in [2.45, 2.75) is 18.8 Å². The highest BCUT2D eigenvalue weighted by molar-refractivity contribution is 5.75. The van der Waals surface area contributed by atoms with E-state index in [-0.39, 0.29) is 5.41 Å². The van der Waals surface area contributed by atoms with E-state index in [0.29, 0.717) is 0 Å². The molecule has 74 valence electrons. The molecule has 1 aromatic carbocycles. The summed E-state index contributed by atoms with van der Waals surface area (Å²) in [5, 5.41) is 0. The van der Waals surface area contributed by atoms with Crippen LogP contribution in [0.5, 0.6) is 0 Å².